The van der Waals surface area contributed by atoms with Gasteiger partial charge >= 0.3 is 6.03 Å². The summed E-state index contributed by atoms with van der Waals surface area (Å²) < 4.78 is 36.1. The summed E-state index contributed by atoms with van der Waals surface area (Å²) in [6.07, 6.45) is 0.353. The van der Waals surface area contributed by atoms with Gasteiger partial charge in [0.05, 0.1) is 17.2 Å². The van der Waals surface area contributed by atoms with Gasteiger partial charge in [0.15, 0.2) is 9.84 Å². The van der Waals surface area contributed by atoms with E-state index in [9.17, 15) is 22.4 Å². The van der Waals surface area contributed by atoms with Gasteiger partial charge in [0.2, 0.25) is 5.91 Å². The topological polar surface area (TPSA) is 104 Å². The zero-order chi connectivity index (χ0) is 17.0. The first-order chi connectivity index (χ1) is 10.8. The Morgan fingerprint density at radius 2 is 2.00 bits per heavy atom. The van der Waals surface area contributed by atoms with E-state index in [4.69, 9.17) is 0 Å². The van der Waals surface area contributed by atoms with E-state index in [2.05, 4.69) is 16.0 Å². The Labute approximate surface area is 133 Å². The van der Waals surface area contributed by atoms with Gasteiger partial charge in [-0.1, -0.05) is 12.1 Å². The number of para-hydroxylation sites is 1. The van der Waals surface area contributed by atoms with Crippen molar-refractivity contribution in [1.29, 1.82) is 0 Å². The van der Waals surface area contributed by atoms with E-state index >= 15 is 0 Å². The molecule has 2 rings (SSSR count). The van der Waals surface area contributed by atoms with Crippen molar-refractivity contribution in [2.75, 3.05) is 16.8 Å². The van der Waals surface area contributed by atoms with Crippen LogP contribution in [0.25, 0.3) is 0 Å². The molecule has 1 aromatic rings. The maximum absolute atomic E-state index is 13.4. The van der Waals surface area contributed by atoms with Crippen LogP contribution in [0.5, 0.6) is 0 Å². The van der Waals surface area contributed by atoms with Crippen molar-refractivity contribution in [1.82, 2.24) is 10.6 Å². The van der Waals surface area contributed by atoms with Gasteiger partial charge in [-0.3, -0.25) is 4.79 Å². The number of carbonyl (C=O) groups excluding carboxylic acids is 2. The van der Waals surface area contributed by atoms with Crippen molar-refractivity contribution in [2.24, 2.45) is 0 Å². The first kappa shape index (κ1) is 17.2. The van der Waals surface area contributed by atoms with Crippen molar-refractivity contribution >= 4 is 27.5 Å². The maximum Gasteiger partial charge on any atom is 0.315 e. The molecule has 0 spiro atoms. The average Bonchev–Trinajstić information content (AvgIpc) is 2.80. The van der Waals surface area contributed by atoms with E-state index in [-0.39, 0.29) is 17.2 Å². The van der Waals surface area contributed by atoms with Gasteiger partial charge in [0, 0.05) is 6.04 Å². The van der Waals surface area contributed by atoms with Gasteiger partial charge < -0.3 is 16.0 Å². The molecular formula is C14H18FN3O4S. The molecule has 0 bridgehead atoms. The Morgan fingerprint density at radius 3 is 2.61 bits per heavy atom. The molecule has 0 radical (unpaired) electrons. The van der Waals surface area contributed by atoms with Crippen LogP contribution in [0.1, 0.15) is 13.3 Å². The van der Waals surface area contributed by atoms with Crippen molar-refractivity contribution in [3.63, 3.8) is 0 Å². The summed E-state index contributed by atoms with van der Waals surface area (Å²) in [5, 5.41) is 7.28. The first-order valence-electron chi connectivity index (χ1n) is 7.10. The molecule has 0 unspecified atom stereocenters. The summed E-state index contributed by atoms with van der Waals surface area (Å²) in [5.41, 5.74) is 0.0217. The molecule has 23 heavy (non-hydrogen) atoms. The van der Waals surface area contributed by atoms with Gasteiger partial charge in [-0.2, -0.15) is 0 Å². The summed E-state index contributed by atoms with van der Waals surface area (Å²) >= 11 is 0. The number of rotatable bonds is 4. The minimum Gasteiger partial charge on any atom is -0.334 e. The van der Waals surface area contributed by atoms with Crippen LogP contribution in [0.2, 0.25) is 0 Å². The molecule has 1 aliphatic heterocycles. The Kier molecular flexibility index (Phi) is 5.19. The first-order valence-corrected chi connectivity index (χ1v) is 8.92. The number of sulfone groups is 1. The van der Waals surface area contributed by atoms with Crippen LogP contribution in [0.15, 0.2) is 24.3 Å². The molecule has 0 aliphatic carbocycles. The van der Waals surface area contributed by atoms with E-state index < -0.39 is 39.7 Å². The second-order valence-electron chi connectivity index (χ2n) is 5.41. The molecule has 0 aromatic heterocycles. The fourth-order valence-corrected chi connectivity index (χ4v) is 3.88. The Bertz CT molecular complexity index is 708. The lowest BCUT2D eigenvalue weighted by Gasteiger charge is -2.17. The fourth-order valence-electron chi connectivity index (χ4n) is 2.20. The number of hydrogen-bond donors (Lipinski definition) is 3. The number of carbonyl (C=O) groups is 2. The molecule has 2 atom stereocenters. The zero-order valence-corrected chi connectivity index (χ0v) is 13.3. The van der Waals surface area contributed by atoms with Crippen LogP contribution in [-0.2, 0) is 14.6 Å². The standard InChI is InChI=1S/C14H18FN3O4S/c1-9(13(19)18-12-5-3-2-4-11(12)15)16-14(20)17-10-6-7-23(21,22)8-10/h2-5,9-10H,6-8H2,1H3,(H,18,19)(H2,16,17,20)/t9-,10-/m0/s1. The van der Waals surface area contributed by atoms with Crippen LogP contribution < -0.4 is 16.0 Å². The quantitative estimate of drug-likeness (QED) is 0.746. The van der Waals surface area contributed by atoms with Crippen LogP contribution in [0.4, 0.5) is 14.9 Å². The van der Waals surface area contributed by atoms with Crippen LogP contribution in [0.3, 0.4) is 0 Å². The second-order valence-corrected chi connectivity index (χ2v) is 7.64. The Balaban J connectivity index is 1.84. The van der Waals surface area contributed by atoms with Gasteiger partial charge in [0.25, 0.3) is 0 Å². The fraction of sp³-hybridized carbons (Fsp3) is 0.429. The van der Waals surface area contributed by atoms with Gasteiger partial charge in [-0.05, 0) is 25.5 Å². The number of nitrogens with one attached hydrogen (secondary N) is 3. The minimum absolute atomic E-state index is 0.0217. The lowest BCUT2D eigenvalue weighted by molar-refractivity contribution is -0.117. The molecule has 3 amide bonds. The summed E-state index contributed by atoms with van der Waals surface area (Å²) in [4.78, 5) is 23.7. The van der Waals surface area contributed by atoms with E-state index in [1.165, 1.54) is 25.1 Å². The average molecular weight is 343 g/mol. The summed E-state index contributed by atoms with van der Waals surface area (Å²) in [6.45, 7) is 1.45. The number of anilines is 1. The number of urea groups is 1. The highest BCUT2D eigenvalue weighted by molar-refractivity contribution is 7.91. The molecule has 1 aromatic carbocycles. The predicted molar refractivity (Wildman–Crippen MR) is 83.2 cm³/mol. The lowest BCUT2D eigenvalue weighted by Crippen LogP contribution is -2.49. The van der Waals surface area contributed by atoms with Crippen molar-refractivity contribution < 1.29 is 22.4 Å². The number of benzene rings is 1. The van der Waals surface area contributed by atoms with Gasteiger partial charge in [-0.25, -0.2) is 17.6 Å². The smallest absolute Gasteiger partial charge is 0.315 e. The van der Waals surface area contributed by atoms with Crippen LogP contribution in [0, 0.1) is 5.82 Å². The van der Waals surface area contributed by atoms with Gasteiger partial charge in [0.1, 0.15) is 11.9 Å². The van der Waals surface area contributed by atoms with Crippen LogP contribution in [-0.4, -0.2) is 43.9 Å². The van der Waals surface area contributed by atoms with Crippen molar-refractivity contribution in [3.8, 4) is 0 Å². The molecule has 7 nitrogen and oxygen atoms in total. The lowest BCUT2D eigenvalue weighted by atomic mass is 10.2. The molecule has 126 valence electrons. The molecule has 1 fully saturated rings. The third kappa shape index (κ3) is 4.92. The van der Waals surface area contributed by atoms with Crippen LogP contribution >= 0.6 is 0 Å². The summed E-state index contributed by atoms with van der Waals surface area (Å²) in [6, 6.07) is 3.68. The molecule has 1 aliphatic rings. The zero-order valence-electron chi connectivity index (χ0n) is 12.5. The molecule has 1 saturated heterocycles. The molecule has 1 heterocycles. The molecule has 9 heteroatoms. The van der Waals surface area contributed by atoms with Gasteiger partial charge in [-0.15, -0.1) is 0 Å². The SMILES string of the molecule is C[C@H](NC(=O)N[C@H]1CCS(=O)(=O)C1)C(=O)Nc1ccccc1F. The molecular weight excluding hydrogens is 325 g/mol. The largest absolute Gasteiger partial charge is 0.334 e. The van der Waals surface area contributed by atoms with E-state index in [1.807, 2.05) is 0 Å². The maximum atomic E-state index is 13.4. The Hall–Kier alpha value is -2.16. The highest BCUT2D eigenvalue weighted by atomic mass is 32.2. The number of amides is 3. The minimum atomic E-state index is -3.09. The normalized spacial score (nSPS) is 20.5. The highest BCUT2D eigenvalue weighted by Gasteiger charge is 2.29. The summed E-state index contributed by atoms with van der Waals surface area (Å²) in [5.74, 6) is -1.21. The van der Waals surface area contributed by atoms with Crippen molar-refractivity contribution in [3.05, 3.63) is 30.1 Å². The van der Waals surface area contributed by atoms with E-state index in [1.54, 1.807) is 6.07 Å². The molecule has 3 N–H and O–H groups in total. The molecule has 0 saturated carbocycles. The third-order valence-electron chi connectivity index (χ3n) is 3.44. The monoisotopic (exact) mass is 343 g/mol. The van der Waals surface area contributed by atoms with E-state index in [0.717, 1.165) is 0 Å². The third-order valence-corrected chi connectivity index (χ3v) is 5.21. The number of hydrogen-bond acceptors (Lipinski definition) is 4. The Morgan fingerprint density at radius 1 is 1.30 bits per heavy atom. The van der Waals surface area contributed by atoms with Crippen molar-refractivity contribution in [2.45, 2.75) is 25.4 Å². The highest BCUT2D eigenvalue weighted by Crippen LogP contribution is 2.13. The second kappa shape index (κ2) is 6.95. The summed E-state index contributed by atoms with van der Waals surface area (Å²) in [7, 11) is -3.09. The van der Waals surface area contributed by atoms with E-state index in [0.29, 0.717) is 6.42 Å². The number of halogens is 1. The predicted octanol–water partition coefficient (Wildman–Crippen LogP) is 0.639.